The Hall–Kier alpha value is -0.170. The Kier molecular flexibility index (Phi) is 3.80. The van der Waals surface area contributed by atoms with Crippen LogP contribution in [0.15, 0.2) is 0 Å². The highest BCUT2D eigenvalue weighted by Crippen LogP contribution is 1.99. The molecule has 0 rings (SSSR count). The number of rotatable bonds is 4. The SMILES string of the molecule is COOS(=O)(=O)OC(C)C. The Morgan fingerprint density at radius 1 is 1.30 bits per heavy atom. The van der Waals surface area contributed by atoms with Gasteiger partial charge >= 0.3 is 10.4 Å². The lowest BCUT2D eigenvalue weighted by molar-refractivity contribution is -0.182. The zero-order chi connectivity index (χ0) is 8.20. The van der Waals surface area contributed by atoms with E-state index >= 15 is 0 Å². The first kappa shape index (κ1) is 9.83. The van der Waals surface area contributed by atoms with Gasteiger partial charge in [-0.25, -0.2) is 9.07 Å². The lowest BCUT2D eigenvalue weighted by atomic mass is 10.5. The van der Waals surface area contributed by atoms with E-state index in [1.807, 2.05) is 0 Å². The predicted octanol–water partition coefficient (Wildman–Crippen LogP) is 0.234. The van der Waals surface area contributed by atoms with Crippen LogP contribution in [0.25, 0.3) is 0 Å². The van der Waals surface area contributed by atoms with E-state index in [1.54, 1.807) is 13.8 Å². The summed E-state index contributed by atoms with van der Waals surface area (Å²) >= 11 is 0. The summed E-state index contributed by atoms with van der Waals surface area (Å²) in [6.45, 7) is 3.13. The van der Waals surface area contributed by atoms with Crippen molar-refractivity contribution >= 4 is 10.4 Å². The predicted molar refractivity (Wildman–Crippen MR) is 33.2 cm³/mol. The monoisotopic (exact) mass is 170 g/mol. The summed E-state index contributed by atoms with van der Waals surface area (Å²) < 4.78 is 29.0. The quantitative estimate of drug-likeness (QED) is 0.446. The molecule has 0 heterocycles. The fourth-order valence-corrected chi connectivity index (χ4v) is 1.01. The molecule has 0 aromatic heterocycles. The van der Waals surface area contributed by atoms with E-state index in [0.29, 0.717) is 0 Å². The summed E-state index contributed by atoms with van der Waals surface area (Å²) in [6, 6.07) is 0. The van der Waals surface area contributed by atoms with Crippen molar-refractivity contribution < 1.29 is 21.8 Å². The molecule has 0 atom stereocenters. The van der Waals surface area contributed by atoms with E-state index in [1.165, 1.54) is 0 Å². The molecule has 10 heavy (non-hydrogen) atoms. The Morgan fingerprint density at radius 3 is 2.10 bits per heavy atom. The van der Waals surface area contributed by atoms with Crippen molar-refractivity contribution in [2.24, 2.45) is 0 Å². The van der Waals surface area contributed by atoms with Gasteiger partial charge in [-0.2, -0.15) is 8.42 Å². The maximum absolute atomic E-state index is 10.5. The molecule has 0 aliphatic heterocycles. The molecule has 6 heteroatoms. The zero-order valence-corrected chi connectivity index (χ0v) is 6.84. The minimum Gasteiger partial charge on any atom is -0.244 e. The van der Waals surface area contributed by atoms with Crippen LogP contribution in [-0.2, 0) is 23.8 Å². The van der Waals surface area contributed by atoms with Gasteiger partial charge in [-0.05, 0) is 13.8 Å². The van der Waals surface area contributed by atoms with Crippen LogP contribution in [0.1, 0.15) is 13.8 Å². The van der Waals surface area contributed by atoms with Gasteiger partial charge < -0.3 is 0 Å². The van der Waals surface area contributed by atoms with Gasteiger partial charge in [0.2, 0.25) is 0 Å². The lowest BCUT2D eigenvalue weighted by Crippen LogP contribution is -2.14. The molecule has 0 saturated carbocycles. The molecular weight excluding hydrogens is 160 g/mol. The number of hydrogen-bond acceptors (Lipinski definition) is 5. The Bertz CT molecular complexity index is 170. The topological polar surface area (TPSA) is 61.8 Å². The molecule has 0 radical (unpaired) electrons. The Balaban J connectivity index is 3.89. The van der Waals surface area contributed by atoms with Gasteiger partial charge in [0, 0.05) is 0 Å². The molecule has 0 aromatic rings. The molecule has 0 aromatic carbocycles. The summed E-state index contributed by atoms with van der Waals surface area (Å²) in [5.74, 6) is 0. The lowest BCUT2D eigenvalue weighted by Gasteiger charge is -2.04. The first-order chi connectivity index (χ1) is 4.48. The van der Waals surface area contributed by atoms with Gasteiger partial charge in [0.25, 0.3) is 0 Å². The fraction of sp³-hybridized carbons (Fsp3) is 1.00. The minimum atomic E-state index is -3.95. The van der Waals surface area contributed by atoms with Gasteiger partial charge in [-0.15, -0.1) is 0 Å². The Morgan fingerprint density at radius 2 is 1.80 bits per heavy atom. The second-order valence-corrected chi connectivity index (χ2v) is 2.93. The third-order valence-corrected chi connectivity index (χ3v) is 1.39. The first-order valence-electron chi connectivity index (χ1n) is 2.63. The smallest absolute Gasteiger partial charge is 0.244 e. The van der Waals surface area contributed by atoms with Crippen LogP contribution in [-0.4, -0.2) is 21.6 Å². The third kappa shape index (κ3) is 4.68. The molecule has 0 aliphatic carbocycles. The average molecular weight is 170 g/mol. The Labute approximate surface area is 60.1 Å². The van der Waals surface area contributed by atoms with Gasteiger partial charge in [0.1, 0.15) is 0 Å². The highest BCUT2D eigenvalue weighted by Gasteiger charge is 2.13. The van der Waals surface area contributed by atoms with Crippen LogP contribution >= 0.6 is 0 Å². The molecule has 0 bridgehead atoms. The molecule has 0 unspecified atom stereocenters. The second-order valence-electron chi connectivity index (χ2n) is 1.79. The van der Waals surface area contributed by atoms with Crippen molar-refractivity contribution in [2.75, 3.05) is 7.11 Å². The van der Waals surface area contributed by atoms with Crippen LogP contribution in [0.4, 0.5) is 0 Å². The van der Waals surface area contributed by atoms with Crippen molar-refractivity contribution in [3.8, 4) is 0 Å². The molecule has 62 valence electrons. The zero-order valence-electron chi connectivity index (χ0n) is 6.03. The summed E-state index contributed by atoms with van der Waals surface area (Å²) in [5.41, 5.74) is 0. The summed E-state index contributed by atoms with van der Waals surface area (Å²) in [7, 11) is -2.87. The molecule has 0 amide bonds. The highest BCUT2D eigenvalue weighted by molar-refractivity contribution is 7.81. The van der Waals surface area contributed by atoms with Crippen molar-refractivity contribution in [1.82, 2.24) is 0 Å². The first-order valence-corrected chi connectivity index (χ1v) is 3.97. The summed E-state index contributed by atoms with van der Waals surface area (Å²) in [5, 5.41) is 0. The maximum atomic E-state index is 10.5. The van der Waals surface area contributed by atoms with Gasteiger partial charge in [0.15, 0.2) is 0 Å². The van der Waals surface area contributed by atoms with Gasteiger partial charge in [-0.1, -0.05) is 4.33 Å². The minimum absolute atomic E-state index is 0.444. The fourth-order valence-electron chi connectivity index (χ4n) is 0.335. The average Bonchev–Trinajstić information content (AvgIpc) is 1.59. The van der Waals surface area contributed by atoms with Crippen LogP contribution in [0.2, 0.25) is 0 Å². The van der Waals surface area contributed by atoms with E-state index in [-0.39, 0.29) is 0 Å². The molecular formula is C4H10O5S. The molecule has 0 N–H and O–H groups in total. The van der Waals surface area contributed by atoms with Crippen LogP contribution in [0.5, 0.6) is 0 Å². The van der Waals surface area contributed by atoms with Crippen molar-refractivity contribution in [2.45, 2.75) is 20.0 Å². The van der Waals surface area contributed by atoms with E-state index in [9.17, 15) is 8.42 Å². The molecule has 0 spiro atoms. The largest absolute Gasteiger partial charge is 0.426 e. The van der Waals surface area contributed by atoms with Gasteiger partial charge in [-0.3, -0.25) is 0 Å². The van der Waals surface area contributed by atoms with E-state index < -0.39 is 16.5 Å². The summed E-state index contributed by atoms with van der Waals surface area (Å²) in [4.78, 5) is 3.89. The van der Waals surface area contributed by atoms with Crippen LogP contribution in [0.3, 0.4) is 0 Å². The summed E-state index contributed by atoms with van der Waals surface area (Å²) in [6.07, 6.45) is -0.444. The van der Waals surface area contributed by atoms with Gasteiger partial charge in [0.05, 0.1) is 13.2 Å². The van der Waals surface area contributed by atoms with E-state index in [2.05, 4.69) is 13.4 Å². The molecule has 0 fully saturated rings. The van der Waals surface area contributed by atoms with Crippen LogP contribution in [0, 0.1) is 0 Å². The maximum Gasteiger partial charge on any atom is 0.426 e. The highest BCUT2D eigenvalue weighted by atomic mass is 32.3. The van der Waals surface area contributed by atoms with Crippen molar-refractivity contribution in [3.05, 3.63) is 0 Å². The van der Waals surface area contributed by atoms with Crippen LogP contribution < -0.4 is 0 Å². The third-order valence-electron chi connectivity index (χ3n) is 0.462. The molecule has 5 nitrogen and oxygen atoms in total. The van der Waals surface area contributed by atoms with Crippen molar-refractivity contribution in [1.29, 1.82) is 0 Å². The normalized spacial score (nSPS) is 12.4. The van der Waals surface area contributed by atoms with Crippen molar-refractivity contribution in [3.63, 3.8) is 0 Å². The molecule has 0 aliphatic rings. The van der Waals surface area contributed by atoms with E-state index in [0.717, 1.165) is 7.11 Å². The number of hydrogen-bond donors (Lipinski definition) is 0. The van der Waals surface area contributed by atoms with E-state index in [4.69, 9.17) is 0 Å². The standard InChI is InChI=1S/C4H10O5S/c1-4(2)8-10(5,6)9-7-3/h4H,1-3H3. The molecule has 0 saturated heterocycles. The second kappa shape index (κ2) is 3.87.